The number of aromatic carboxylic acids is 1. The number of carboxylic acid groups (broad SMARTS) is 1. The van der Waals surface area contributed by atoms with Crippen LogP contribution in [0.2, 0.25) is 0 Å². The van der Waals surface area contributed by atoms with E-state index in [4.69, 9.17) is 0 Å². The van der Waals surface area contributed by atoms with Crippen molar-refractivity contribution < 1.29 is 18.3 Å². The van der Waals surface area contributed by atoms with E-state index in [9.17, 15) is 18.3 Å². The minimum atomic E-state index is -3.94. The van der Waals surface area contributed by atoms with Crippen LogP contribution in [0.1, 0.15) is 15.2 Å². The summed E-state index contributed by atoms with van der Waals surface area (Å²) in [6, 6.07) is 15.5. The molecule has 0 radical (unpaired) electrons. The standard InChI is InChI=1S/C17H14N2O4S2/c1-11-7-5-6-10-13(11)25(22,23)19-15-14(17(20)21)24-16(18-15)12-8-3-2-4-9-12/h2-10,19H,1H3,(H,20,21). The maximum absolute atomic E-state index is 12.6. The molecule has 0 spiro atoms. The van der Waals surface area contributed by atoms with Gasteiger partial charge in [0.1, 0.15) is 5.01 Å². The fourth-order valence-electron chi connectivity index (χ4n) is 2.28. The number of hydrogen-bond donors (Lipinski definition) is 2. The molecule has 0 fully saturated rings. The maximum Gasteiger partial charge on any atom is 0.349 e. The van der Waals surface area contributed by atoms with Crippen molar-refractivity contribution in [3.05, 3.63) is 65.0 Å². The molecule has 1 heterocycles. The van der Waals surface area contributed by atoms with Crippen LogP contribution in [0, 0.1) is 6.92 Å². The Kier molecular flexibility index (Phi) is 4.56. The van der Waals surface area contributed by atoms with Crippen LogP contribution in [-0.2, 0) is 10.0 Å². The lowest BCUT2D eigenvalue weighted by atomic mass is 10.2. The van der Waals surface area contributed by atoms with Gasteiger partial charge in [0.2, 0.25) is 0 Å². The van der Waals surface area contributed by atoms with E-state index in [-0.39, 0.29) is 15.6 Å². The summed E-state index contributed by atoms with van der Waals surface area (Å²) in [6.45, 7) is 1.67. The smallest absolute Gasteiger partial charge is 0.349 e. The van der Waals surface area contributed by atoms with Crippen LogP contribution in [0.4, 0.5) is 5.82 Å². The van der Waals surface area contributed by atoms with Crippen molar-refractivity contribution in [1.82, 2.24) is 4.98 Å². The third-order valence-electron chi connectivity index (χ3n) is 3.46. The molecule has 3 rings (SSSR count). The zero-order valence-corrected chi connectivity index (χ0v) is 14.8. The molecule has 0 aliphatic heterocycles. The summed E-state index contributed by atoms with van der Waals surface area (Å²) in [6.07, 6.45) is 0. The summed E-state index contributed by atoms with van der Waals surface area (Å²) in [5.74, 6) is -1.42. The van der Waals surface area contributed by atoms with Crippen LogP contribution in [0.5, 0.6) is 0 Å². The molecule has 0 aliphatic rings. The number of benzene rings is 2. The Morgan fingerprint density at radius 1 is 1.08 bits per heavy atom. The van der Waals surface area contributed by atoms with E-state index in [1.807, 2.05) is 6.07 Å². The van der Waals surface area contributed by atoms with Gasteiger partial charge < -0.3 is 5.11 Å². The lowest BCUT2D eigenvalue weighted by Gasteiger charge is -2.08. The van der Waals surface area contributed by atoms with Crippen molar-refractivity contribution >= 4 is 33.1 Å². The fourth-order valence-corrected chi connectivity index (χ4v) is 4.47. The Morgan fingerprint density at radius 3 is 2.36 bits per heavy atom. The summed E-state index contributed by atoms with van der Waals surface area (Å²) < 4.78 is 27.5. The number of aromatic nitrogens is 1. The van der Waals surface area contributed by atoms with Crippen LogP contribution in [0.3, 0.4) is 0 Å². The summed E-state index contributed by atoms with van der Waals surface area (Å²) in [5, 5.41) is 9.81. The summed E-state index contributed by atoms with van der Waals surface area (Å²) in [4.78, 5) is 15.6. The minimum absolute atomic E-state index is 0.0839. The highest BCUT2D eigenvalue weighted by Crippen LogP contribution is 2.32. The highest BCUT2D eigenvalue weighted by Gasteiger charge is 2.24. The Bertz CT molecular complexity index is 1030. The van der Waals surface area contributed by atoms with Gasteiger partial charge in [-0.05, 0) is 18.6 Å². The number of sulfonamides is 1. The predicted octanol–water partition coefficient (Wildman–Crippen LogP) is 3.62. The average molecular weight is 374 g/mol. The van der Waals surface area contributed by atoms with Gasteiger partial charge in [0.05, 0.1) is 4.90 Å². The van der Waals surface area contributed by atoms with Gasteiger partial charge in [-0.15, -0.1) is 11.3 Å². The normalized spacial score (nSPS) is 11.2. The molecule has 128 valence electrons. The second-order valence-electron chi connectivity index (χ2n) is 5.24. The van der Waals surface area contributed by atoms with E-state index in [0.717, 1.165) is 16.9 Å². The third kappa shape index (κ3) is 3.54. The molecule has 0 atom stereocenters. The number of carbonyl (C=O) groups is 1. The van der Waals surface area contributed by atoms with E-state index in [1.165, 1.54) is 6.07 Å². The van der Waals surface area contributed by atoms with Gasteiger partial charge in [-0.1, -0.05) is 48.5 Å². The molecule has 0 amide bonds. The quantitative estimate of drug-likeness (QED) is 0.711. The summed E-state index contributed by atoms with van der Waals surface area (Å²) in [7, 11) is -3.94. The maximum atomic E-state index is 12.6. The number of hydrogen-bond acceptors (Lipinski definition) is 5. The molecule has 0 bridgehead atoms. The van der Waals surface area contributed by atoms with Gasteiger partial charge in [0.25, 0.3) is 10.0 Å². The van der Waals surface area contributed by atoms with E-state index in [2.05, 4.69) is 9.71 Å². The number of rotatable bonds is 5. The van der Waals surface area contributed by atoms with Crippen molar-refractivity contribution in [2.24, 2.45) is 0 Å². The molecule has 8 heteroatoms. The molecule has 0 unspecified atom stereocenters. The first kappa shape index (κ1) is 17.1. The zero-order valence-electron chi connectivity index (χ0n) is 13.1. The van der Waals surface area contributed by atoms with Gasteiger partial charge in [-0.2, -0.15) is 0 Å². The highest BCUT2D eigenvalue weighted by molar-refractivity contribution is 7.92. The van der Waals surface area contributed by atoms with Gasteiger partial charge in [0, 0.05) is 5.56 Å². The molecule has 2 N–H and O–H groups in total. The molecule has 2 aromatic carbocycles. The molecular weight excluding hydrogens is 360 g/mol. The van der Waals surface area contributed by atoms with Crippen molar-refractivity contribution in [3.63, 3.8) is 0 Å². The Morgan fingerprint density at radius 2 is 1.72 bits per heavy atom. The second kappa shape index (κ2) is 6.66. The SMILES string of the molecule is Cc1ccccc1S(=O)(=O)Nc1nc(-c2ccccc2)sc1C(=O)O. The van der Waals surface area contributed by atoms with E-state index in [0.29, 0.717) is 10.6 Å². The predicted molar refractivity (Wildman–Crippen MR) is 96.5 cm³/mol. The minimum Gasteiger partial charge on any atom is -0.477 e. The Hall–Kier alpha value is -2.71. The van der Waals surface area contributed by atoms with Crippen molar-refractivity contribution in [3.8, 4) is 10.6 Å². The number of anilines is 1. The number of carboxylic acids is 1. The van der Waals surface area contributed by atoms with Crippen LogP contribution in [0.25, 0.3) is 10.6 Å². The van der Waals surface area contributed by atoms with Crippen molar-refractivity contribution in [2.45, 2.75) is 11.8 Å². The average Bonchev–Trinajstić information content (AvgIpc) is 2.99. The number of nitrogens with zero attached hydrogens (tertiary/aromatic N) is 1. The Balaban J connectivity index is 2.04. The Labute approximate surface area is 148 Å². The van der Waals surface area contributed by atoms with E-state index in [1.54, 1.807) is 49.4 Å². The second-order valence-corrected chi connectivity index (χ2v) is 7.89. The first-order valence-corrected chi connectivity index (χ1v) is 9.56. The highest BCUT2D eigenvalue weighted by atomic mass is 32.2. The van der Waals surface area contributed by atoms with Gasteiger partial charge in [0.15, 0.2) is 10.7 Å². The number of nitrogens with one attached hydrogen (secondary N) is 1. The summed E-state index contributed by atoms with van der Waals surface area (Å²) >= 11 is 0.923. The van der Waals surface area contributed by atoms with Gasteiger partial charge in [-0.3, -0.25) is 4.72 Å². The molecule has 1 aromatic heterocycles. The lowest BCUT2D eigenvalue weighted by Crippen LogP contribution is -2.16. The van der Waals surface area contributed by atoms with Crippen LogP contribution < -0.4 is 4.72 Å². The zero-order chi connectivity index (χ0) is 18.0. The van der Waals surface area contributed by atoms with E-state index < -0.39 is 16.0 Å². The number of aryl methyl sites for hydroxylation is 1. The third-order valence-corrected chi connectivity index (χ3v) is 6.05. The van der Waals surface area contributed by atoms with Crippen molar-refractivity contribution in [1.29, 1.82) is 0 Å². The monoisotopic (exact) mass is 374 g/mol. The topological polar surface area (TPSA) is 96.4 Å². The van der Waals surface area contributed by atoms with Crippen LogP contribution in [0.15, 0.2) is 59.5 Å². The molecule has 0 saturated carbocycles. The molecule has 0 aliphatic carbocycles. The largest absolute Gasteiger partial charge is 0.477 e. The van der Waals surface area contributed by atoms with E-state index >= 15 is 0 Å². The van der Waals surface area contributed by atoms with Crippen LogP contribution in [-0.4, -0.2) is 24.5 Å². The first-order valence-electron chi connectivity index (χ1n) is 7.26. The fraction of sp³-hybridized carbons (Fsp3) is 0.0588. The molecule has 6 nitrogen and oxygen atoms in total. The molecule has 3 aromatic rings. The molecule has 0 saturated heterocycles. The van der Waals surface area contributed by atoms with Gasteiger partial charge >= 0.3 is 5.97 Å². The molecule has 25 heavy (non-hydrogen) atoms. The molecular formula is C17H14N2O4S2. The van der Waals surface area contributed by atoms with Gasteiger partial charge in [-0.25, -0.2) is 18.2 Å². The van der Waals surface area contributed by atoms with Crippen molar-refractivity contribution in [2.75, 3.05) is 4.72 Å². The lowest BCUT2D eigenvalue weighted by molar-refractivity contribution is 0.0703. The summed E-state index contributed by atoms with van der Waals surface area (Å²) in [5.41, 5.74) is 1.28. The first-order chi connectivity index (χ1) is 11.9. The number of thiazole rings is 1. The van der Waals surface area contributed by atoms with Crippen LogP contribution >= 0.6 is 11.3 Å².